The van der Waals surface area contributed by atoms with E-state index in [4.69, 9.17) is 9.47 Å². The number of thiophene rings is 1. The first-order valence-corrected chi connectivity index (χ1v) is 7.84. The van der Waals surface area contributed by atoms with Crippen molar-refractivity contribution in [2.24, 2.45) is 0 Å². The smallest absolute Gasteiger partial charge is 0.227 e. The van der Waals surface area contributed by atoms with Crippen molar-refractivity contribution in [1.82, 2.24) is 9.97 Å². The minimum atomic E-state index is 0.197. The van der Waals surface area contributed by atoms with Crippen molar-refractivity contribution in [1.29, 1.82) is 0 Å². The van der Waals surface area contributed by atoms with Gasteiger partial charge in [-0.3, -0.25) is 0 Å². The number of fused-ring (bicyclic) bond motifs is 1. The first-order chi connectivity index (χ1) is 9.76. The number of ether oxygens (including phenoxy) is 2. The summed E-state index contributed by atoms with van der Waals surface area (Å²) in [5.74, 6) is 1.29. The van der Waals surface area contributed by atoms with Gasteiger partial charge in [-0.2, -0.15) is 4.98 Å². The zero-order valence-electron chi connectivity index (χ0n) is 11.8. The van der Waals surface area contributed by atoms with Crippen LogP contribution in [-0.4, -0.2) is 35.8 Å². The molecule has 2 aromatic rings. The van der Waals surface area contributed by atoms with Gasteiger partial charge in [-0.05, 0) is 32.8 Å². The van der Waals surface area contributed by atoms with Gasteiger partial charge in [0.2, 0.25) is 11.8 Å². The highest BCUT2D eigenvalue weighted by Crippen LogP contribution is 2.31. The minimum absolute atomic E-state index is 0.197. The van der Waals surface area contributed by atoms with Crippen LogP contribution in [0.5, 0.6) is 5.88 Å². The number of aromatic nitrogens is 2. The van der Waals surface area contributed by atoms with E-state index in [1.54, 1.807) is 11.3 Å². The lowest BCUT2D eigenvalue weighted by Crippen LogP contribution is -2.17. The van der Waals surface area contributed by atoms with Crippen LogP contribution in [0.15, 0.2) is 6.07 Å². The van der Waals surface area contributed by atoms with E-state index in [1.807, 2.05) is 6.92 Å². The first-order valence-electron chi connectivity index (χ1n) is 7.02. The molecule has 1 N–H and O–H groups in total. The van der Waals surface area contributed by atoms with Crippen molar-refractivity contribution in [2.45, 2.75) is 32.8 Å². The molecule has 5 nitrogen and oxygen atoms in total. The number of rotatable bonds is 5. The standard InChI is InChI=1S/C14H19N3O2S/c1-3-15-14-16-12(19-8-10-5-4-6-18-10)11-7-9(2)20-13(11)17-14/h7,10H,3-6,8H2,1-2H3,(H,15,16,17). The number of nitrogens with one attached hydrogen (secondary N) is 1. The number of hydrogen-bond acceptors (Lipinski definition) is 6. The maximum absolute atomic E-state index is 5.89. The maximum atomic E-state index is 5.89. The molecule has 108 valence electrons. The second-order valence-corrected chi connectivity index (χ2v) is 6.14. The molecule has 0 radical (unpaired) electrons. The zero-order chi connectivity index (χ0) is 13.9. The monoisotopic (exact) mass is 293 g/mol. The van der Waals surface area contributed by atoms with Gasteiger partial charge >= 0.3 is 0 Å². The van der Waals surface area contributed by atoms with Gasteiger partial charge in [0, 0.05) is 18.0 Å². The Bertz CT molecular complexity index is 593. The predicted molar refractivity (Wildman–Crippen MR) is 80.8 cm³/mol. The molecule has 6 heteroatoms. The molecule has 20 heavy (non-hydrogen) atoms. The first kappa shape index (κ1) is 13.6. The Hall–Kier alpha value is -1.40. The minimum Gasteiger partial charge on any atom is -0.474 e. The van der Waals surface area contributed by atoms with Crippen LogP contribution in [0.1, 0.15) is 24.6 Å². The van der Waals surface area contributed by atoms with Crippen LogP contribution < -0.4 is 10.1 Å². The van der Waals surface area contributed by atoms with Crippen molar-refractivity contribution < 1.29 is 9.47 Å². The molecule has 2 aromatic heterocycles. The van der Waals surface area contributed by atoms with Crippen molar-refractivity contribution in [2.75, 3.05) is 25.1 Å². The number of hydrogen-bond donors (Lipinski definition) is 1. The quantitative estimate of drug-likeness (QED) is 0.918. The summed E-state index contributed by atoms with van der Waals surface area (Å²) in [5.41, 5.74) is 0. The van der Waals surface area contributed by atoms with Crippen LogP contribution in [0.25, 0.3) is 10.2 Å². The summed E-state index contributed by atoms with van der Waals surface area (Å²) in [6.45, 7) is 6.30. The summed E-state index contributed by atoms with van der Waals surface area (Å²) in [7, 11) is 0. The second kappa shape index (κ2) is 5.93. The van der Waals surface area contributed by atoms with Gasteiger partial charge in [-0.15, -0.1) is 11.3 Å². The van der Waals surface area contributed by atoms with Crippen LogP contribution in [0, 0.1) is 6.92 Å². The van der Waals surface area contributed by atoms with E-state index >= 15 is 0 Å². The molecular formula is C14H19N3O2S. The average molecular weight is 293 g/mol. The number of anilines is 1. The summed E-state index contributed by atoms with van der Waals surface area (Å²) in [6.07, 6.45) is 2.38. The Kier molecular flexibility index (Phi) is 4.03. The molecular weight excluding hydrogens is 274 g/mol. The van der Waals surface area contributed by atoms with E-state index in [0.717, 1.165) is 36.2 Å². The third-order valence-electron chi connectivity index (χ3n) is 3.25. The van der Waals surface area contributed by atoms with Crippen LogP contribution in [-0.2, 0) is 4.74 Å². The maximum Gasteiger partial charge on any atom is 0.227 e. The van der Waals surface area contributed by atoms with Crippen LogP contribution in [0.2, 0.25) is 0 Å². The van der Waals surface area contributed by atoms with Gasteiger partial charge in [-0.25, -0.2) is 4.98 Å². The third-order valence-corrected chi connectivity index (χ3v) is 4.19. The topological polar surface area (TPSA) is 56.3 Å². The highest BCUT2D eigenvalue weighted by molar-refractivity contribution is 7.18. The molecule has 3 heterocycles. The van der Waals surface area contributed by atoms with Gasteiger partial charge in [0.1, 0.15) is 11.4 Å². The van der Waals surface area contributed by atoms with E-state index in [0.29, 0.717) is 18.4 Å². The predicted octanol–water partition coefficient (Wildman–Crippen LogP) is 2.99. The van der Waals surface area contributed by atoms with E-state index in [-0.39, 0.29) is 6.10 Å². The SMILES string of the molecule is CCNc1nc(OCC2CCCO2)c2cc(C)sc2n1. The van der Waals surface area contributed by atoms with Gasteiger partial charge < -0.3 is 14.8 Å². The van der Waals surface area contributed by atoms with Crippen molar-refractivity contribution in [3.05, 3.63) is 10.9 Å². The summed E-state index contributed by atoms with van der Waals surface area (Å²) >= 11 is 1.66. The van der Waals surface area contributed by atoms with Gasteiger partial charge in [-0.1, -0.05) is 0 Å². The Morgan fingerprint density at radius 1 is 1.50 bits per heavy atom. The molecule has 0 aliphatic carbocycles. The Labute approximate surface area is 122 Å². The lowest BCUT2D eigenvalue weighted by atomic mass is 10.2. The molecule has 0 spiro atoms. The highest BCUT2D eigenvalue weighted by Gasteiger charge is 2.18. The largest absolute Gasteiger partial charge is 0.474 e. The lowest BCUT2D eigenvalue weighted by Gasteiger charge is -2.12. The lowest BCUT2D eigenvalue weighted by molar-refractivity contribution is 0.0669. The van der Waals surface area contributed by atoms with E-state index < -0.39 is 0 Å². The normalized spacial score (nSPS) is 18.6. The molecule has 1 saturated heterocycles. The molecule has 0 aromatic carbocycles. The Balaban J connectivity index is 1.85. The van der Waals surface area contributed by atoms with Crippen molar-refractivity contribution >= 4 is 27.5 Å². The molecule has 1 fully saturated rings. The molecule has 3 rings (SSSR count). The van der Waals surface area contributed by atoms with E-state index in [1.165, 1.54) is 4.88 Å². The second-order valence-electron chi connectivity index (χ2n) is 4.90. The number of aryl methyl sites for hydroxylation is 1. The van der Waals surface area contributed by atoms with Crippen molar-refractivity contribution in [3.63, 3.8) is 0 Å². The van der Waals surface area contributed by atoms with E-state index in [2.05, 4.69) is 28.3 Å². The highest BCUT2D eigenvalue weighted by atomic mass is 32.1. The Morgan fingerprint density at radius 2 is 2.40 bits per heavy atom. The summed E-state index contributed by atoms with van der Waals surface area (Å²) in [5, 5.41) is 4.14. The summed E-state index contributed by atoms with van der Waals surface area (Å²) in [4.78, 5) is 11.2. The molecule has 0 saturated carbocycles. The molecule has 1 aliphatic rings. The fraction of sp³-hybridized carbons (Fsp3) is 0.571. The van der Waals surface area contributed by atoms with Gasteiger partial charge in [0.05, 0.1) is 11.5 Å². The summed E-state index contributed by atoms with van der Waals surface area (Å²) < 4.78 is 11.5. The van der Waals surface area contributed by atoms with Gasteiger partial charge in [0.15, 0.2) is 0 Å². The molecule has 1 unspecified atom stereocenters. The van der Waals surface area contributed by atoms with Crippen LogP contribution >= 0.6 is 11.3 Å². The fourth-order valence-corrected chi connectivity index (χ4v) is 3.18. The van der Waals surface area contributed by atoms with E-state index in [9.17, 15) is 0 Å². The summed E-state index contributed by atoms with van der Waals surface area (Å²) in [6, 6.07) is 2.08. The van der Waals surface area contributed by atoms with Crippen LogP contribution in [0.4, 0.5) is 5.95 Å². The van der Waals surface area contributed by atoms with Gasteiger partial charge in [0.25, 0.3) is 0 Å². The average Bonchev–Trinajstić information content (AvgIpc) is 3.04. The third kappa shape index (κ3) is 2.86. The fourth-order valence-electron chi connectivity index (χ4n) is 2.31. The molecule has 0 bridgehead atoms. The number of nitrogens with zero attached hydrogens (tertiary/aromatic N) is 2. The zero-order valence-corrected chi connectivity index (χ0v) is 12.6. The van der Waals surface area contributed by atoms with Crippen LogP contribution in [0.3, 0.4) is 0 Å². The molecule has 1 aliphatic heterocycles. The molecule has 1 atom stereocenters. The van der Waals surface area contributed by atoms with Crippen molar-refractivity contribution in [3.8, 4) is 5.88 Å². The molecule has 0 amide bonds. The Morgan fingerprint density at radius 3 is 3.15 bits per heavy atom.